The summed E-state index contributed by atoms with van der Waals surface area (Å²) in [4.78, 5) is 4.67. The topological polar surface area (TPSA) is 29.3 Å². The molecule has 2 atom stereocenters. The molecular weight excluding hydrogens is 198 g/mol. The van der Waals surface area contributed by atoms with Crippen molar-refractivity contribution in [2.24, 2.45) is 5.92 Å². The third-order valence-electron chi connectivity index (χ3n) is 3.34. The van der Waals surface area contributed by atoms with E-state index in [1.807, 2.05) is 12.1 Å². The van der Waals surface area contributed by atoms with E-state index in [2.05, 4.69) is 40.1 Å². The summed E-state index contributed by atoms with van der Waals surface area (Å²) in [6.45, 7) is 4.35. The predicted octanol–water partition coefficient (Wildman–Crippen LogP) is 2.05. The normalized spacial score (nSPS) is 23.8. The fourth-order valence-electron chi connectivity index (χ4n) is 2.30. The quantitative estimate of drug-likeness (QED) is 0.845. The lowest BCUT2D eigenvalue weighted by molar-refractivity contribution is 0.647. The van der Waals surface area contributed by atoms with Gasteiger partial charge in [-0.15, -0.1) is 0 Å². The molecule has 0 saturated heterocycles. The van der Waals surface area contributed by atoms with Crippen molar-refractivity contribution in [3.63, 3.8) is 0 Å². The highest BCUT2D eigenvalue weighted by Crippen LogP contribution is 2.46. The van der Waals surface area contributed by atoms with Gasteiger partial charge in [-0.05, 0) is 37.6 Å². The molecule has 3 nitrogen and oxygen atoms in total. The van der Waals surface area contributed by atoms with E-state index in [-0.39, 0.29) is 0 Å². The van der Waals surface area contributed by atoms with Crippen molar-refractivity contribution in [2.75, 3.05) is 13.1 Å². The van der Waals surface area contributed by atoms with Gasteiger partial charge in [0.15, 0.2) is 0 Å². The van der Waals surface area contributed by atoms with Crippen molar-refractivity contribution in [3.8, 4) is 0 Å². The van der Waals surface area contributed by atoms with E-state index in [9.17, 15) is 0 Å². The zero-order valence-corrected chi connectivity index (χ0v) is 9.56. The SMILES string of the molecule is CCNCC1CC1c1cn2ccccc2n1. The van der Waals surface area contributed by atoms with E-state index >= 15 is 0 Å². The van der Waals surface area contributed by atoms with Crippen LogP contribution in [0.25, 0.3) is 5.65 Å². The second-order valence-corrected chi connectivity index (χ2v) is 4.54. The lowest BCUT2D eigenvalue weighted by Crippen LogP contribution is -2.16. The molecule has 2 unspecified atom stereocenters. The zero-order valence-electron chi connectivity index (χ0n) is 9.56. The minimum absolute atomic E-state index is 0.680. The number of aromatic nitrogens is 2. The summed E-state index contributed by atoms with van der Waals surface area (Å²) < 4.78 is 2.11. The smallest absolute Gasteiger partial charge is 0.136 e. The van der Waals surface area contributed by atoms with E-state index in [1.54, 1.807) is 0 Å². The second kappa shape index (κ2) is 3.91. The molecule has 0 radical (unpaired) electrons. The lowest BCUT2D eigenvalue weighted by Gasteiger charge is -1.97. The standard InChI is InChI=1S/C13H17N3/c1-2-14-8-10-7-11(10)12-9-16-6-4-3-5-13(16)15-12/h3-6,9-11,14H,2,7-8H2,1H3. The molecule has 1 fully saturated rings. The van der Waals surface area contributed by atoms with Crippen LogP contribution in [0.1, 0.15) is 25.0 Å². The predicted molar refractivity (Wildman–Crippen MR) is 64.6 cm³/mol. The minimum Gasteiger partial charge on any atom is -0.317 e. The van der Waals surface area contributed by atoms with Crippen molar-refractivity contribution in [2.45, 2.75) is 19.3 Å². The van der Waals surface area contributed by atoms with Crippen LogP contribution in [-0.4, -0.2) is 22.5 Å². The van der Waals surface area contributed by atoms with Gasteiger partial charge in [-0.3, -0.25) is 0 Å². The van der Waals surface area contributed by atoms with Gasteiger partial charge in [-0.2, -0.15) is 0 Å². The summed E-state index contributed by atoms with van der Waals surface area (Å²) in [7, 11) is 0. The lowest BCUT2D eigenvalue weighted by atomic mass is 10.2. The molecule has 1 aliphatic carbocycles. The highest BCUT2D eigenvalue weighted by molar-refractivity contribution is 5.41. The van der Waals surface area contributed by atoms with Crippen molar-refractivity contribution in [1.82, 2.24) is 14.7 Å². The molecule has 16 heavy (non-hydrogen) atoms. The number of nitrogens with zero attached hydrogens (tertiary/aromatic N) is 2. The Kier molecular flexibility index (Phi) is 2.40. The van der Waals surface area contributed by atoms with E-state index in [4.69, 9.17) is 0 Å². The van der Waals surface area contributed by atoms with E-state index in [1.165, 1.54) is 12.1 Å². The Morgan fingerprint density at radius 2 is 2.44 bits per heavy atom. The first-order valence-corrected chi connectivity index (χ1v) is 6.03. The number of hydrogen-bond acceptors (Lipinski definition) is 2. The van der Waals surface area contributed by atoms with Crippen LogP contribution in [0.4, 0.5) is 0 Å². The third kappa shape index (κ3) is 1.71. The van der Waals surface area contributed by atoms with E-state index < -0.39 is 0 Å². The minimum atomic E-state index is 0.680. The molecule has 3 heteroatoms. The van der Waals surface area contributed by atoms with Gasteiger partial charge >= 0.3 is 0 Å². The van der Waals surface area contributed by atoms with Crippen LogP contribution in [0, 0.1) is 5.92 Å². The van der Waals surface area contributed by atoms with Gasteiger partial charge in [0.2, 0.25) is 0 Å². The average Bonchev–Trinajstić information content (AvgIpc) is 2.96. The zero-order chi connectivity index (χ0) is 11.0. The molecule has 2 aromatic rings. The van der Waals surface area contributed by atoms with Crippen LogP contribution in [0.2, 0.25) is 0 Å². The first-order chi connectivity index (χ1) is 7.88. The Bertz CT molecular complexity index is 456. The Labute approximate surface area is 95.5 Å². The molecule has 0 bridgehead atoms. The molecule has 2 heterocycles. The number of imidazole rings is 1. The van der Waals surface area contributed by atoms with Crippen LogP contribution in [0.3, 0.4) is 0 Å². The molecule has 1 saturated carbocycles. The van der Waals surface area contributed by atoms with Crippen molar-refractivity contribution in [1.29, 1.82) is 0 Å². The molecule has 84 valence electrons. The monoisotopic (exact) mass is 215 g/mol. The Hall–Kier alpha value is -1.35. The maximum atomic E-state index is 4.67. The van der Waals surface area contributed by atoms with E-state index in [0.717, 1.165) is 24.7 Å². The number of pyridine rings is 1. The summed E-state index contributed by atoms with van der Waals surface area (Å²) in [5, 5.41) is 3.41. The van der Waals surface area contributed by atoms with Crippen molar-refractivity contribution < 1.29 is 0 Å². The van der Waals surface area contributed by atoms with Gasteiger partial charge in [0.05, 0.1) is 5.69 Å². The van der Waals surface area contributed by atoms with Crippen LogP contribution in [0.5, 0.6) is 0 Å². The summed E-state index contributed by atoms with van der Waals surface area (Å²) in [5.41, 5.74) is 2.32. The van der Waals surface area contributed by atoms with Crippen LogP contribution in [0.15, 0.2) is 30.6 Å². The highest BCUT2D eigenvalue weighted by Gasteiger charge is 2.39. The fraction of sp³-hybridized carbons (Fsp3) is 0.462. The van der Waals surface area contributed by atoms with Gasteiger partial charge in [0, 0.05) is 18.3 Å². The van der Waals surface area contributed by atoms with Crippen LogP contribution >= 0.6 is 0 Å². The summed E-state index contributed by atoms with van der Waals surface area (Å²) in [5.74, 6) is 1.48. The highest BCUT2D eigenvalue weighted by atomic mass is 15.0. The van der Waals surface area contributed by atoms with Gasteiger partial charge in [0.25, 0.3) is 0 Å². The molecule has 1 aliphatic rings. The number of hydrogen-bond donors (Lipinski definition) is 1. The first-order valence-electron chi connectivity index (χ1n) is 6.03. The second-order valence-electron chi connectivity index (χ2n) is 4.54. The van der Waals surface area contributed by atoms with E-state index in [0.29, 0.717) is 5.92 Å². The first kappa shape index (κ1) is 9.85. The Morgan fingerprint density at radius 3 is 3.25 bits per heavy atom. The average molecular weight is 215 g/mol. The molecule has 2 aromatic heterocycles. The molecule has 3 rings (SSSR count). The van der Waals surface area contributed by atoms with Gasteiger partial charge < -0.3 is 9.72 Å². The number of nitrogens with one attached hydrogen (secondary N) is 1. The largest absolute Gasteiger partial charge is 0.317 e. The third-order valence-corrected chi connectivity index (χ3v) is 3.34. The summed E-state index contributed by atoms with van der Waals surface area (Å²) in [6.07, 6.45) is 5.52. The molecule has 0 aliphatic heterocycles. The fourth-order valence-corrected chi connectivity index (χ4v) is 2.30. The van der Waals surface area contributed by atoms with Crippen molar-refractivity contribution in [3.05, 3.63) is 36.3 Å². The maximum Gasteiger partial charge on any atom is 0.136 e. The summed E-state index contributed by atoms with van der Waals surface area (Å²) >= 11 is 0. The Balaban J connectivity index is 1.76. The molecule has 0 aromatic carbocycles. The number of fused-ring (bicyclic) bond motifs is 1. The molecule has 1 N–H and O–H groups in total. The van der Waals surface area contributed by atoms with Crippen LogP contribution in [-0.2, 0) is 0 Å². The van der Waals surface area contributed by atoms with Gasteiger partial charge in [0.1, 0.15) is 5.65 Å². The number of rotatable bonds is 4. The van der Waals surface area contributed by atoms with Crippen molar-refractivity contribution >= 4 is 5.65 Å². The maximum absolute atomic E-state index is 4.67. The summed E-state index contributed by atoms with van der Waals surface area (Å²) in [6, 6.07) is 6.14. The van der Waals surface area contributed by atoms with Gasteiger partial charge in [-0.25, -0.2) is 4.98 Å². The molecule has 0 spiro atoms. The molecule has 0 amide bonds. The van der Waals surface area contributed by atoms with Crippen LogP contribution < -0.4 is 5.32 Å². The van der Waals surface area contributed by atoms with Gasteiger partial charge in [-0.1, -0.05) is 13.0 Å². The molecular formula is C13H17N3. The Morgan fingerprint density at radius 1 is 1.50 bits per heavy atom.